The van der Waals surface area contributed by atoms with Gasteiger partial charge >= 0.3 is 11.4 Å². The molecule has 0 saturated heterocycles. The van der Waals surface area contributed by atoms with Crippen molar-refractivity contribution in [3.63, 3.8) is 0 Å². The van der Waals surface area contributed by atoms with Gasteiger partial charge in [-0.2, -0.15) is 0 Å². The number of unbranched alkanes of at least 4 members (excludes halogenated alkanes) is 2. The Bertz CT molecular complexity index is 2860. The lowest BCUT2D eigenvalue weighted by Crippen LogP contribution is -2.32. The Labute approximate surface area is 338 Å². The van der Waals surface area contributed by atoms with Gasteiger partial charge < -0.3 is 8.83 Å². The lowest BCUT2D eigenvalue weighted by Gasteiger charge is -2.03. The average Bonchev–Trinajstić information content (AvgIpc) is 3.80. The van der Waals surface area contributed by atoms with Crippen molar-refractivity contribution in [1.82, 2.24) is 14.1 Å². The minimum atomic E-state index is 0. The summed E-state index contributed by atoms with van der Waals surface area (Å²) in [5.41, 5.74) is 8.30. The Balaban J connectivity index is 0.00000512. The third kappa shape index (κ3) is 9.92. The standard InChI is InChI=1S/C47H43N8O2.CH4/c1-51-32-20-39(21-33-51)16-17-41-24-36-53(37-25-41)29-7-9-31-55-43-11-3-5-13-45(43)57-47(55)50-49-46-54(42-10-2-4-12-44(42)56-46)30-8-6-28-52-34-22-40(23-35-52)15-14-38-18-26-48-27-19-38;/h2-5,10-13,18-27,32-37H,6-9,28-31H2,1H3;1H4/q+3;/b49-46-,50-47-;. The van der Waals surface area contributed by atoms with Crippen LogP contribution in [0.5, 0.6) is 0 Å². The van der Waals surface area contributed by atoms with Crippen molar-refractivity contribution in [2.75, 3.05) is 0 Å². The first-order valence-electron chi connectivity index (χ1n) is 19.3. The Hall–Kier alpha value is -7.30. The topological polar surface area (TPSA) is 85.4 Å². The Morgan fingerprint density at radius 1 is 0.517 bits per heavy atom. The predicted molar refractivity (Wildman–Crippen MR) is 222 cm³/mol. The van der Waals surface area contributed by atoms with Crippen molar-refractivity contribution < 1.29 is 22.5 Å². The van der Waals surface area contributed by atoms with Crippen LogP contribution < -0.4 is 25.1 Å². The van der Waals surface area contributed by atoms with Gasteiger partial charge in [0, 0.05) is 97.0 Å². The summed E-state index contributed by atoms with van der Waals surface area (Å²) < 4.78 is 23.1. The van der Waals surface area contributed by atoms with Crippen LogP contribution in [-0.4, -0.2) is 14.1 Å². The molecule has 2 aromatic carbocycles. The summed E-state index contributed by atoms with van der Waals surface area (Å²) in [6, 6.07) is 32.1. The van der Waals surface area contributed by atoms with Crippen LogP contribution in [0.25, 0.3) is 22.2 Å². The highest BCUT2D eigenvalue weighted by atomic mass is 16.4. The Morgan fingerprint density at radius 2 is 0.914 bits per heavy atom. The van der Waals surface area contributed by atoms with E-state index in [1.807, 2.05) is 84.7 Å². The smallest absolute Gasteiger partial charge is 0.321 e. The molecule has 6 heterocycles. The maximum absolute atomic E-state index is 6.24. The van der Waals surface area contributed by atoms with Gasteiger partial charge in [0.2, 0.25) is 0 Å². The molecule has 10 heteroatoms. The molecular formula is C48H47N8O2+3. The molecule has 288 valence electrons. The molecule has 0 saturated carbocycles. The SMILES string of the molecule is C.C[n+]1ccc(C#Cc2cc[n+](CCCCn3/c(=N/N=c4\oc5ccccc5n4CCCC[n+]4ccc(C#Cc5ccncc5)cc4)oc4ccccc43)cc2)cc1. The number of pyridine rings is 4. The van der Waals surface area contributed by atoms with Crippen LogP contribution in [0.3, 0.4) is 0 Å². The highest BCUT2D eigenvalue weighted by molar-refractivity contribution is 5.73. The summed E-state index contributed by atoms with van der Waals surface area (Å²) in [7, 11) is 2.00. The first-order chi connectivity index (χ1) is 28.1. The lowest BCUT2D eigenvalue weighted by molar-refractivity contribution is -0.697. The minimum absolute atomic E-state index is 0. The number of hydrogen-bond donors (Lipinski definition) is 0. The zero-order valence-electron chi connectivity index (χ0n) is 31.9. The summed E-state index contributed by atoms with van der Waals surface area (Å²) in [4.78, 5) is 4.05. The molecule has 0 amide bonds. The Kier molecular flexibility index (Phi) is 12.8. The van der Waals surface area contributed by atoms with Crippen LogP contribution in [0.2, 0.25) is 0 Å². The van der Waals surface area contributed by atoms with E-state index in [0.717, 1.165) is 96.3 Å². The van der Waals surface area contributed by atoms with Gasteiger partial charge in [-0.1, -0.05) is 65.6 Å². The molecule has 0 bridgehead atoms. The molecule has 0 fully saturated rings. The average molecular weight is 768 g/mol. The lowest BCUT2D eigenvalue weighted by atomic mass is 10.2. The molecule has 0 N–H and O–H groups in total. The molecule has 6 aromatic heterocycles. The normalized spacial score (nSPS) is 11.5. The number of para-hydroxylation sites is 4. The number of fused-ring (bicyclic) bond motifs is 2. The van der Waals surface area contributed by atoms with Gasteiger partial charge in [-0.15, -0.1) is 0 Å². The molecule has 10 nitrogen and oxygen atoms in total. The molecular weight excluding hydrogens is 721 g/mol. The van der Waals surface area contributed by atoms with Crippen LogP contribution >= 0.6 is 0 Å². The molecule has 8 rings (SSSR count). The maximum Gasteiger partial charge on any atom is 0.321 e. The van der Waals surface area contributed by atoms with E-state index in [4.69, 9.17) is 8.83 Å². The highest BCUT2D eigenvalue weighted by Crippen LogP contribution is 2.15. The summed E-state index contributed by atoms with van der Waals surface area (Å²) in [6.07, 6.45) is 19.7. The zero-order valence-corrected chi connectivity index (χ0v) is 31.9. The van der Waals surface area contributed by atoms with Crippen molar-refractivity contribution in [3.05, 3.63) is 180 Å². The number of aromatic nitrogens is 6. The van der Waals surface area contributed by atoms with Gasteiger partial charge in [-0.05, 0) is 49.2 Å². The van der Waals surface area contributed by atoms with Crippen molar-refractivity contribution >= 4 is 22.2 Å². The number of oxazole rings is 2. The van der Waals surface area contributed by atoms with Crippen LogP contribution in [0.15, 0.2) is 166 Å². The van der Waals surface area contributed by atoms with E-state index in [1.165, 1.54) is 0 Å². The van der Waals surface area contributed by atoms with Crippen LogP contribution in [0.1, 0.15) is 55.4 Å². The number of hydrogen-bond acceptors (Lipinski definition) is 5. The molecule has 0 aliphatic heterocycles. The van der Waals surface area contributed by atoms with E-state index in [0.29, 0.717) is 11.4 Å². The second-order valence-corrected chi connectivity index (χ2v) is 13.8. The monoisotopic (exact) mass is 767 g/mol. The molecule has 0 aliphatic rings. The quantitative estimate of drug-likeness (QED) is 0.0663. The fourth-order valence-electron chi connectivity index (χ4n) is 6.53. The number of nitrogens with zero attached hydrogens (tertiary/aromatic N) is 8. The summed E-state index contributed by atoms with van der Waals surface area (Å²) >= 11 is 0. The van der Waals surface area contributed by atoms with Crippen molar-refractivity contribution in [1.29, 1.82) is 0 Å². The summed E-state index contributed by atoms with van der Waals surface area (Å²) in [5.74, 6) is 12.9. The van der Waals surface area contributed by atoms with Gasteiger partial charge in [0.1, 0.15) is 20.1 Å². The van der Waals surface area contributed by atoms with Gasteiger partial charge in [0.15, 0.2) is 48.3 Å². The van der Waals surface area contributed by atoms with Crippen molar-refractivity contribution in [2.24, 2.45) is 17.3 Å². The van der Waals surface area contributed by atoms with Crippen molar-refractivity contribution in [2.45, 2.75) is 59.3 Å². The molecule has 0 spiro atoms. The van der Waals surface area contributed by atoms with Gasteiger partial charge in [-0.25, -0.2) is 13.7 Å². The Morgan fingerprint density at radius 3 is 1.36 bits per heavy atom. The predicted octanol–water partition coefficient (Wildman–Crippen LogP) is 6.39. The third-order valence-electron chi connectivity index (χ3n) is 9.64. The van der Waals surface area contributed by atoms with Crippen LogP contribution in [0.4, 0.5) is 0 Å². The van der Waals surface area contributed by atoms with E-state index < -0.39 is 0 Å². The minimum Gasteiger partial charge on any atom is -0.422 e. The molecule has 0 unspecified atom stereocenters. The van der Waals surface area contributed by atoms with Crippen molar-refractivity contribution in [3.8, 4) is 23.7 Å². The van der Waals surface area contributed by atoms with E-state index in [1.54, 1.807) is 12.4 Å². The summed E-state index contributed by atoms with van der Waals surface area (Å²) in [6.45, 7) is 3.25. The first kappa shape index (κ1) is 39.0. The van der Waals surface area contributed by atoms with Gasteiger partial charge in [0.25, 0.3) is 0 Å². The first-order valence-corrected chi connectivity index (χ1v) is 19.3. The fourth-order valence-corrected chi connectivity index (χ4v) is 6.53. The number of aryl methyl sites for hydroxylation is 5. The molecule has 8 aromatic rings. The highest BCUT2D eigenvalue weighted by Gasteiger charge is 2.11. The molecule has 0 radical (unpaired) electrons. The number of rotatable bonds is 11. The largest absolute Gasteiger partial charge is 0.422 e. The third-order valence-corrected chi connectivity index (χ3v) is 9.64. The molecule has 58 heavy (non-hydrogen) atoms. The fraction of sp³-hybridized carbons (Fsp3) is 0.208. The number of benzene rings is 2. The second kappa shape index (κ2) is 19.0. The molecule has 0 atom stereocenters. The zero-order chi connectivity index (χ0) is 38.7. The van der Waals surface area contributed by atoms with Gasteiger partial charge in [-0.3, -0.25) is 14.1 Å². The van der Waals surface area contributed by atoms with E-state index in [-0.39, 0.29) is 7.43 Å². The van der Waals surface area contributed by atoms with E-state index >= 15 is 0 Å². The molecule has 0 aliphatic carbocycles. The maximum atomic E-state index is 6.24. The summed E-state index contributed by atoms with van der Waals surface area (Å²) in [5, 5.41) is 9.29. The van der Waals surface area contributed by atoms with Crippen LogP contribution in [-0.2, 0) is 33.2 Å². The van der Waals surface area contributed by atoms with E-state index in [9.17, 15) is 0 Å². The van der Waals surface area contributed by atoms with Gasteiger partial charge in [0.05, 0.1) is 11.0 Å². The van der Waals surface area contributed by atoms with Crippen LogP contribution in [0, 0.1) is 23.7 Å². The second-order valence-electron chi connectivity index (χ2n) is 13.8. The van der Waals surface area contributed by atoms with E-state index in [2.05, 4.69) is 118 Å².